The third-order valence-corrected chi connectivity index (χ3v) is 4.07. The lowest BCUT2D eigenvalue weighted by atomic mass is 10.0. The van der Waals surface area contributed by atoms with Crippen LogP contribution in [-0.2, 0) is 4.79 Å². The topological polar surface area (TPSA) is 69.6 Å². The molecule has 0 radical (unpaired) electrons. The number of amides is 1. The minimum Gasteiger partial charge on any atom is -0.394 e. The molecule has 0 aliphatic rings. The predicted octanol–water partition coefficient (Wildman–Crippen LogP) is 3.94. The van der Waals surface area contributed by atoms with Crippen molar-refractivity contribution in [3.63, 3.8) is 0 Å². The molecule has 0 aliphatic carbocycles. The molecule has 0 saturated carbocycles. The van der Waals surface area contributed by atoms with Gasteiger partial charge in [-0.2, -0.15) is 0 Å². The Bertz CT molecular complexity index is 359. The zero-order valence-electron chi connectivity index (χ0n) is 17.9. The zero-order valence-corrected chi connectivity index (χ0v) is 14.9. The lowest BCUT2D eigenvalue weighted by Gasteiger charge is -2.12. The summed E-state index contributed by atoms with van der Waals surface area (Å²) < 4.78 is 22.4. The standard InChI is InChI=1S/C19H39NO3/c1-2-3-4-5-6-7-8-9-10-11-12-13-14-15-19(23)20-18(16-21)17-22/h18,21-22H,2-17H2,1H3,(H,20,23)/i16D,18D/hD/t16?,18-/m0/s1. The Balaban J connectivity index is 3.59. The van der Waals surface area contributed by atoms with Crippen LogP contribution in [0.25, 0.3) is 0 Å². The van der Waals surface area contributed by atoms with Crippen LogP contribution in [0.1, 0.15) is 99.6 Å². The Morgan fingerprint density at radius 3 is 1.78 bits per heavy atom. The van der Waals surface area contributed by atoms with Crippen molar-refractivity contribution >= 4 is 5.91 Å². The van der Waals surface area contributed by atoms with Crippen LogP contribution in [0.15, 0.2) is 0 Å². The van der Waals surface area contributed by atoms with Gasteiger partial charge in [0, 0.05) is 6.42 Å². The summed E-state index contributed by atoms with van der Waals surface area (Å²) in [5.74, 6) is -0.636. The summed E-state index contributed by atoms with van der Waals surface area (Å²) in [6.07, 6.45) is 15.7. The van der Waals surface area contributed by atoms with E-state index in [4.69, 9.17) is 9.26 Å². The second-order valence-corrected chi connectivity index (χ2v) is 6.28. The van der Waals surface area contributed by atoms with Crippen LogP contribution in [0, 0.1) is 0 Å². The van der Waals surface area contributed by atoms with Crippen molar-refractivity contribution in [2.45, 2.75) is 103 Å². The summed E-state index contributed by atoms with van der Waals surface area (Å²) in [6.45, 7) is -0.732. The number of unbranched alkanes of at least 4 members (excludes halogenated alkanes) is 12. The van der Waals surface area contributed by atoms with Gasteiger partial charge in [-0.1, -0.05) is 84.0 Å². The molecule has 1 amide bonds. The van der Waals surface area contributed by atoms with Crippen molar-refractivity contribution in [3.8, 4) is 0 Å². The van der Waals surface area contributed by atoms with E-state index in [1.165, 1.54) is 57.8 Å². The van der Waals surface area contributed by atoms with Gasteiger partial charge in [-0.25, -0.2) is 0 Å². The molecule has 23 heavy (non-hydrogen) atoms. The lowest BCUT2D eigenvalue weighted by Crippen LogP contribution is -2.39. The fraction of sp³-hybridized carbons (Fsp3) is 0.947. The van der Waals surface area contributed by atoms with E-state index >= 15 is 0 Å². The number of nitrogens with one attached hydrogen (secondary N) is 1. The van der Waals surface area contributed by atoms with Crippen molar-refractivity contribution in [1.29, 1.82) is 0 Å². The molecule has 4 heteroatoms. The summed E-state index contributed by atoms with van der Waals surface area (Å²) in [5.41, 5.74) is 0. The molecule has 0 rings (SSSR count). The molecule has 1 unspecified atom stereocenters. The fourth-order valence-corrected chi connectivity index (χ4v) is 2.62. The van der Waals surface area contributed by atoms with E-state index in [0.717, 1.165) is 19.3 Å². The van der Waals surface area contributed by atoms with Crippen LogP contribution < -0.4 is 5.31 Å². The van der Waals surface area contributed by atoms with Crippen LogP contribution >= 0.6 is 0 Å². The van der Waals surface area contributed by atoms with E-state index in [1.807, 2.05) is 0 Å². The third kappa shape index (κ3) is 16.0. The second-order valence-electron chi connectivity index (χ2n) is 6.28. The Hall–Kier alpha value is -0.610. The molecule has 0 heterocycles. The molecule has 0 aliphatic heterocycles. The molecule has 0 aromatic rings. The van der Waals surface area contributed by atoms with Gasteiger partial charge in [-0.3, -0.25) is 4.79 Å². The number of rotatable bonds is 17. The first-order valence-electron chi connectivity index (χ1n) is 11.0. The highest BCUT2D eigenvalue weighted by Crippen LogP contribution is 2.12. The van der Waals surface area contributed by atoms with Crippen LogP contribution in [-0.4, -0.2) is 35.3 Å². The van der Waals surface area contributed by atoms with Crippen molar-refractivity contribution in [1.82, 2.24) is 5.31 Å². The number of carbonyl (C=O) groups excluding carboxylic acids is 1. The molecule has 0 aromatic carbocycles. The van der Waals surface area contributed by atoms with Gasteiger partial charge >= 0.3 is 0 Å². The first-order valence-corrected chi connectivity index (χ1v) is 9.43. The summed E-state index contributed by atoms with van der Waals surface area (Å²) in [6, 6.07) is -2.31. The molecule has 3 N–H and O–H groups in total. The maximum atomic E-state index is 11.9. The van der Waals surface area contributed by atoms with Crippen LogP contribution in [0.5, 0.6) is 0 Å². The Morgan fingerprint density at radius 1 is 0.957 bits per heavy atom. The van der Waals surface area contributed by atoms with Crippen molar-refractivity contribution < 1.29 is 19.2 Å². The number of aliphatic hydroxyl groups excluding tert-OH is 2. The van der Waals surface area contributed by atoms with Gasteiger partial charge in [0.15, 0.2) is 1.41 Å². The van der Waals surface area contributed by atoms with Crippen molar-refractivity contribution in [2.24, 2.45) is 0 Å². The van der Waals surface area contributed by atoms with Crippen molar-refractivity contribution in [2.75, 3.05) is 13.2 Å². The van der Waals surface area contributed by atoms with E-state index in [9.17, 15) is 9.90 Å². The van der Waals surface area contributed by atoms with E-state index in [2.05, 4.69) is 6.92 Å². The molecule has 138 valence electrons. The molecular weight excluding hydrogens is 290 g/mol. The molecule has 4 nitrogen and oxygen atoms in total. The fourth-order valence-electron chi connectivity index (χ4n) is 2.62. The molecule has 0 bridgehead atoms. The Labute approximate surface area is 147 Å². The maximum Gasteiger partial charge on any atom is 0.220 e. The maximum absolute atomic E-state index is 11.9. The van der Waals surface area contributed by atoms with E-state index < -0.39 is 25.1 Å². The smallest absolute Gasteiger partial charge is 0.220 e. The molecule has 2 atom stereocenters. The molecule has 0 spiro atoms. The Morgan fingerprint density at radius 2 is 1.39 bits per heavy atom. The van der Waals surface area contributed by atoms with Gasteiger partial charge in [-0.05, 0) is 6.42 Å². The Kier molecular flexibility index (Phi) is 13.3. The highest BCUT2D eigenvalue weighted by molar-refractivity contribution is 5.76. The average Bonchev–Trinajstić information content (AvgIpc) is 2.63. The van der Waals surface area contributed by atoms with E-state index in [1.54, 1.807) is 0 Å². The van der Waals surface area contributed by atoms with Crippen LogP contribution in [0.2, 0.25) is 1.41 Å². The first-order chi connectivity index (χ1) is 12.4. The van der Waals surface area contributed by atoms with E-state index in [-0.39, 0.29) is 11.7 Å². The number of hydrogen-bond donors (Lipinski definition) is 3. The van der Waals surface area contributed by atoms with Crippen LogP contribution in [0.3, 0.4) is 0 Å². The SMILES string of the molecule is [2H]C(O)[C@@]([2H])(CO)N([2H])C(=O)CCCCCCCCCCCCCCC. The van der Waals surface area contributed by atoms with Gasteiger partial charge in [0.25, 0.3) is 0 Å². The third-order valence-electron chi connectivity index (χ3n) is 4.07. The molecular formula is C19H39NO3. The summed E-state index contributed by atoms with van der Waals surface area (Å²) >= 11 is 0. The number of aliphatic hydroxyl groups is 2. The average molecular weight is 333 g/mol. The number of carbonyl (C=O) groups is 1. The normalized spacial score (nSPS) is 16.9. The second kappa shape index (κ2) is 17.7. The highest BCUT2D eigenvalue weighted by atomic mass is 16.3. The van der Waals surface area contributed by atoms with Crippen LogP contribution in [0.4, 0.5) is 0 Å². The monoisotopic (exact) mass is 332 g/mol. The van der Waals surface area contributed by atoms with Gasteiger partial charge < -0.3 is 15.5 Å². The molecule has 0 fully saturated rings. The lowest BCUT2D eigenvalue weighted by molar-refractivity contribution is -0.122. The predicted molar refractivity (Wildman–Crippen MR) is 96.4 cm³/mol. The number of hydrogen-bond acceptors (Lipinski definition) is 3. The van der Waals surface area contributed by atoms with E-state index in [0.29, 0.717) is 6.42 Å². The van der Waals surface area contributed by atoms with Gasteiger partial charge in [-0.15, -0.1) is 0 Å². The van der Waals surface area contributed by atoms with Gasteiger partial charge in [0.1, 0.15) is 0 Å². The zero-order chi connectivity index (χ0) is 19.8. The minimum absolute atomic E-state index is 0.106. The van der Waals surface area contributed by atoms with Gasteiger partial charge in [0.2, 0.25) is 5.91 Å². The molecule has 0 saturated heterocycles. The summed E-state index contributed by atoms with van der Waals surface area (Å²) in [7, 11) is 0. The largest absolute Gasteiger partial charge is 0.394 e. The van der Waals surface area contributed by atoms with Crippen molar-refractivity contribution in [3.05, 3.63) is 0 Å². The quantitative estimate of drug-likeness (QED) is 0.353. The highest BCUT2D eigenvalue weighted by Gasteiger charge is 2.09. The minimum atomic E-state index is -2.31. The van der Waals surface area contributed by atoms with Gasteiger partial charge in [0.05, 0.1) is 21.9 Å². The summed E-state index contributed by atoms with van der Waals surface area (Å²) in [4.78, 5) is 11.9. The molecule has 0 aromatic heterocycles. The first kappa shape index (κ1) is 17.2. The summed E-state index contributed by atoms with van der Waals surface area (Å²) in [5, 5.41) is 18.5.